The number of fused-ring (bicyclic) bond motifs is 1. The van der Waals surface area contributed by atoms with E-state index in [0.29, 0.717) is 6.04 Å². The number of thioether (sulfide) groups is 1. The zero-order valence-corrected chi connectivity index (χ0v) is 16.0. The first-order valence-corrected chi connectivity index (χ1v) is 10.3. The fourth-order valence-electron chi connectivity index (χ4n) is 4.04. The second-order valence-electron chi connectivity index (χ2n) is 6.81. The highest BCUT2D eigenvalue weighted by atomic mass is 32.2. The molecule has 2 heterocycles. The number of ether oxygens (including phenoxy) is 1. The maximum Gasteiger partial charge on any atom is 0.255 e. The van der Waals surface area contributed by atoms with Crippen LogP contribution in [0.3, 0.4) is 0 Å². The van der Waals surface area contributed by atoms with Gasteiger partial charge in [-0.05, 0) is 66.5 Å². The smallest absolute Gasteiger partial charge is 0.255 e. The van der Waals surface area contributed by atoms with E-state index >= 15 is 0 Å². The van der Waals surface area contributed by atoms with Crippen molar-refractivity contribution in [1.82, 2.24) is 4.90 Å². The Balaban J connectivity index is 1.83. The number of hydrogen-bond acceptors (Lipinski definition) is 3. The van der Waals surface area contributed by atoms with Crippen molar-refractivity contribution < 1.29 is 9.53 Å². The molecule has 2 aliphatic heterocycles. The lowest BCUT2D eigenvalue weighted by atomic mass is 9.85. The minimum Gasteiger partial charge on any atom is -0.497 e. The average molecular weight is 365 g/mol. The van der Waals surface area contributed by atoms with Crippen LogP contribution in [0.5, 0.6) is 5.75 Å². The van der Waals surface area contributed by atoms with Crippen LogP contribution in [0, 0.1) is 0 Å². The summed E-state index contributed by atoms with van der Waals surface area (Å²) in [6.45, 7) is 0.877. The maximum atomic E-state index is 13.3. The van der Waals surface area contributed by atoms with Gasteiger partial charge in [-0.25, -0.2) is 0 Å². The van der Waals surface area contributed by atoms with Crippen LogP contribution in [0.25, 0.3) is 11.1 Å². The summed E-state index contributed by atoms with van der Waals surface area (Å²) in [5.74, 6) is 0.982. The molecule has 0 aromatic heterocycles. The molecule has 134 valence electrons. The van der Waals surface area contributed by atoms with Crippen molar-refractivity contribution in [2.24, 2.45) is 0 Å². The van der Waals surface area contributed by atoms with Gasteiger partial charge in [0.1, 0.15) is 5.75 Å². The first kappa shape index (κ1) is 17.2. The molecule has 1 unspecified atom stereocenters. The molecule has 4 heteroatoms. The fraction of sp³-hybridized carbons (Fsp3) is 0.318. The number of carbonyl (C=O) groups is 1. The van der Waals surface area contributed by atoms with Crippen LogP contribution >= 0.6 is 11.8 Å². The Bertz CT molecular complexity index is 839. The second-order valence-corrected chi connectivity index (χ2v) is 7.69. The molecule has 2 aliphatic rings. The summed E-state index contributed by atoms with van der Waals surface area (Å²) in [6, 6.07) is 16.8. The van der Waals surface area contributed by atoms with Gasteiger partial charge in [0.25, 0.3) is 5.91 Å². The number of carbonyl (C=O) groups excluding carboxylic acids is 1. The molecule has 0 radical (unpaired) electrons. The molecular formula is C22H23NO2S. The van der Waals surface area contributed by atoms with Gasteiger partial charge in [-0.15, -0.1) is 11.8 Å². The predicted octanol–water partition coefficient (Wildman–Crippen LogP) is 4.72. The van der Waals surface area contributed by atoms with Crippen LogP contribution in [-0.4, -0.2) is 36.8 Å². The van der Waals surface area contributed by atoms with Gasteiger partial charge < -0.3 is 9.64 Å². The lowest BCUT2D eigenvalue weighted by molar-refractivity contribution is -0.126. The van der Waals surface area contributed by atoms with Crippen LogP contribution < -0.4 is 4.74 Å². The lowest BCUT2D eigenvalue weighted by Crippen LogP contribution is -2.39. The third-order valence-electron chi connectivity index (χ3n) is 5.41. The molecule has 0 bridgehead atoms. The van der Waals surface area contributed by atoms with E-state index in [1.165, 1.54) is 10.5 Å². The molecule has 1 amide bonds. The van der Waals surface area contributed by atoms with Crippen molar-refractivity contribution in [3.8, 4) is 5.75 Å². The van der Waals surface area contributed by atoms with Gasteiger partial charge in [-0.1, -0.05) is 24.3 Å². The van der Waals surface area contributed by atoms with Crippen LogP contribution in [0.1, 0.15) is 30.4 Å². The Kier molecular flexibility index (Phi) is 4.77. The van der Waals surface area contributed by atoms with Crippen LogP contribution in [0.15, 0.2) is 53.4 Å². The third-order valence-corrected chi connectivity index (χ3v) is 6.15. The van der Waals surface area contributed by atoms with Gasteiger partial charge in [-0.2, -0.15) is 0 Å². The van der Waals surface area contributed by atoms with Gasteiger partial charge in [0.05, 0.1) is 12.7 Å². The highest BCUT2D eigenvalue weighted by Crippen LogP contribution is 2.41. The minimum atomic E-state index is 0.174. The molecule has 2 aromatic carbocycles. The van der Waals surface area contributed by atoms with E-state index in [0.717, 1.165) is 48.3 Å². The number of amides is 1. The molecule has 0 aliphatic carbocycles. The Labute approximate surface area is 159 Å². The molecule has 0 spiro atoms. The van der Waals surface area contributed by atoms with Crippen molar-refractivity contribution >= 4 is 28.8 Å². The Morgan fingerprint density at radius 3 is 2.38 bits per heavy atom. The highest BCUT2D eigenvalue weighted by Gasteiger charge is 2.37. The van der Waals surface area contributed by atoms with Crippen LogP contribution in [0.4, 0.5) is 0 Å². The molecule has 2 aromatic rings. The average Bonchev–Trinajstić information content (AvgIpc) is 3.17. The van der Waals surface area contributed by atoms with E-state index in [1.54, 1.807) is 18.9 Å². The SMILES string of the molecule is COc1ccc(C2=C(c3ccc(SC)cc3)CC3CCCN3C2=O)cc1. The molecule has 26 heavy (non-hydrogen) atoms. The lowest BCUT2D eigenvalue weighted by Gasteiger charge is -2.33. The van der Waals surface area contributed by atoms with Crippen molar-refractivity contribution in [3.63, 3.8) is 0 Å². The molecule has 4 rings (SSSR count). The van der Waals surface area contributed by atoms with Gasteiger partial charge >= 0.3 is 0 Å². The first-order valence-electron chi connectivity index (χ1n) is 9.04. The standard InChI is InChI=1S/C22H23NO2S/c1-25-18-9-5-16(6-10-18)21-20(15-7-11-19(26-2)12-8-15)14-17-4-3-13-23(17)22(21)24/h5-12,17H,3-4,13-14H2,1-2H3. The molecule has 1 fully saturated rings. The molecule has 0 N–H and O–H groups in total. The van der Waals surface area contributed by atoms with E-state index in [9.17, 15) is 4.79 Å². The van der Waals surface area contributed by atoms with Crippen molar-refractivity contribution in [3.05, 3.63) is 59.7 Å². The summed E-state index contributed by atoms with van der Waals surface area (Å²) < 4.78 is 5.28. The first-order chi connectivity index (χ1) is 12.7. The normalized spacial score (nSPS) is 19.7. The molecular weight excluding hydrogens is 342 g/mol. The van der Waals surface area contributed by atoms with E-state index in [2.05, 4.69) is 35.4 Å². The topological polar surface area (TPSA) is 29.5 Å². The Hall–Kier alpha value is -2.20. The summed E-state index contributed by atoms with van der Waals surface area (Å²) in [7, 11) is 1.66. The number of nitrogens with zero attached hydrogens (tertiary/aromatic N) is 1. The summed E-state index contributed by atoms with van der Waals surface area (Å²) in [5, 5.41) is 0. The summed E-state index contributed by atoms with van der Waals surface area (Å²) in [4.78, 5) is 16.6. The predicted molar refractivity (Wildman–Crippen MR) is 107 cm³/mol. The molecule has 3 nitrogen and oxygen atoms in total. The number of rotatable bonds is 4. The van der Waals surface area contributed by atoms with Crippen molar-refractivity contribution in [2.75, 3.05) is 19.9 Å². The van der Waals surface area contributed by atoms with Crippen molar-refractivity contribution in [1.29, 1.82) is 0 Å². The monoisotopic (exact) mass is 365 g/mol. The Morgan fingerprint density at radius 2 is 1.73 bits per heavy atom. The summed E-state index contributed by atoms with van der Waals surface area (Å²) in [6.07, 6.45) is 5.22. The zero-order chi connectivity index (χ0) is 18.1. The minimum absolute atomic E-state index is 0.174. The second kappa shape index (κ2) is 7.20. The zero-order valence-electron chi connectivity index (χ0n) is 15.2. The fourth-order valence-corrected chi connectivity index (χ4v) is 4.44. The van der Waals surface area contributed by atoms with E-state index < -0.39 is 0 Å². The van der Waals surface area contributed by atoms with Gasteiger partial charge in [0.2, 0.25) is 0 Å². The number of hydrogen-bond donors (Lipinski definition) is 0. The molecule has 1 saturated heterocycles. The molecule has 1 atom stereocenters. The largest absolute Gasteiger partial charge is 0.497 e. The Morgan fingerprint density at radius 1 is 1.04 bits per heavy atom. The summed E-state index contributed by atoms with van der Waals surface area (Å²) in [5.41, 5.74) is 4.16. The number of benzene rings is 2. The van der Waals surface area contributed by atoms with Gasteiger partial charge in [0, 0.05) is 17.5 Å². The number of methoxy groups -OCH3 is 1. The molecule has 0 saturated carbocycles. The quantitative estimate of drug-likeness (QED) is 0.734. The third kappa shape index (κ3) is 3.03. The van der Waals surface area contributed by atoms with E-state index in [4.69, 9.17) is 4.74 Å². The van der Waals surface area contributed by atoms with Crippen LogP contribution in [-0.2, 0) is 4.79 Å². The van der Waals surface area contributed by atoms with Gasteiger partial charge in [0.15, 0.2) is 0 Å². The van der Waals surface area contributed by atoms with E-state index in [1.807, 2.05) is 24.3 Å². The van der Waals surface area contributed by atoms with Gasteiger partial charge in [-0.3, -0.25) is 4.79 Å². The maximum absolute atomic E-state index is 13.3. The highest BCUT2D eigenvalue weighted by molar-refractivity contribution is 7.98. The van der Waals surface area contributed by atoms with Crippen LogP contribution in [0.2, 0.25) is 0 Å². The van der Waals surface area contributed by atoms with E-state index in [-0.39, 0.29) is 5.91 Å². The summed E-state index contributed by atoms with van der Waals surface area (Å²) >= 11 is 1.74. The van der Waals surface area contributed by atoms with Crippen molar-refractivity contribution in [2.45, 2.75) is 30.2 Å².